The summed E-state index contributed by atoms with van der Waals surface area (Å²) in [5.41, 5.74) is 0. The van der Waals surface area contributed by atoms with Crippen LogP contribution in [0.1, 0.15) is 27.7 Å². The molecule has 0 bridgehead atoms. The molecule has 0 rings (SSSR count). The molecule has 80 valence electrons. The van der Waals surface area contributed by atoms with Crippen LogP contribution in [-0.2, 0) is 4.79 Å². The molecule has 0 radical (unpaired) electrons. The van der Waals surface area contributed by atoms with Crippen molar-refractivity contribution in [3.05, 3.63) is 0 Å². The number of carbonyl (C=O) groups is 1. The summed E-state index contributed by atoms with van der Waals surface area (Å²) in [6.45, 7) is 8.26. The van der Waals surface area contributed by atoms with Crippen LogP contribution in [0.5, 0.6) is 0 Å². The van der Waals surface area contributed by atoms with Crippen molar-refractivity contribution in [3.63, 3.8) is 0 Å². The van der Waals surface area contributed by atoms with Crippen LogP contribution in [0.4, 0.5) is 0 Å². The first-order chi connectivity index (χ1) is 6.47. The van der Waals surface area contributed by atoms with E-state index in [9.17, 15) is 4.79 Å². The zero-order valence-corrected chi connectivity index (χ0v) is 9.42. The molecule has 0 aromatic carbocycles. The summed E-state index contributed by atoms with van der Waals surface area (Å²) in [5, 5.41) is 5.82. The summed E-state index contributed by atoms with van der Waals surface area (Å²) in [6.07, 6.45) is 5.16. The third kappa shape index (κ3) is 5.60. The van der Waals surface area contributed by atoms with Crippen molar-refractivity contribution in [2.45, 2.75) is 39.8 Å². The molecule has 0 aromatic rings. The first-order valence-electron chi connectivity index (χ1n) is 4.96. The average Bonchev–Trinajstić information content (AvgIpc) is 2.13. The minimum absolute atomic E-state index is 0.00620. The molecule has 0 aliphatic carbocycles. The Hall–Kier alpha value is -1.01. The Labute approximate surface area is 86.6 Å². The lowest BCUT2D eigenvalue weighted by molar-refractivity contribution is -0.121. The van der Waals surface area contributed by atoms with Gasteiger partial charge >= 0.3 is 0 Å². The van der Waals surface area contributed by atoms with E-state index in [-0.39, 0.29) is 24.5 Å². The first-order valence-corrected chi connectivity index (χ1v) is 4.96. The van der Waals surface area contributed by atoms with Gasteiger partial charge in [0, 0.05) is 6.04 Å². The number of terminal acetylenes is 1. The van der Waals surface area contributed by atoms with Crippen LogP contribution < -0.4 is 10.6 Å². The second-order valence-corrected chi connectivity index (χ2v) is 3.87. The Morgan fingerprint density at radius 3 is 2.36 bits per heavy atom. The molecule has 0 heterocycles. The fourth-order valence-electron chi connectivity index (χ4n) is 0.776. The van der Waals surface area contributed by atoms with Crippen molar-refractivity contribution >= 4 is 5.91 Å². The van der Waals surface area contributed by atoms with Crippen LogP contribution in [0.2, 0.25) is 0 Å². The number of amides is 1. The Morgan fingerprint density at radius 2 is 1.93 bits per heavy atom. The molecule has 0 aliphatic rings. The minimum atomic E-state index is -0.0601. The molecular formula is C11H20N2O. The van der Waals surface area contributed by atoms with Crippen LogP contribution in [0.3, 0.4) is 0 Å². The fourth-order valence-corrected chi connectivity index (χ4v) is 0.776. The largest absolute Gasteiger partial charge is 0.352 e. The van der Waals surface area contributed by atoms with Gasteiger partial charge in [-0.05, 0) is 19.8 Å². The molecule has 14 heavy (non-hydrogen) atoms. The maximum atomic E-state index is 11.3. The Balaban J connectivity index is 3.72. The summed E-state index contributed by atoms with van der Waals surface area (Å²) in [7, 11) is 0. The number of rotatable bonds is 5. The van der Waals surface area contributed by atoms with Crippen LogP contribution >= 0.6 is 0 Å². The summed E-state index contributed by atoms with van der Waals surface area (Å²) in [6, 6.07) is 0.139. The van der Waals surface area contributed by atoms with Crippen molar-refractivity contribution in [1.82, 2.24) is 10.6 Å². The monoisotopic (exact) mass is 196 g/mol. The lowest BCUT2D eigenvalue weighted by Gasteiger charge is -2.17. The Kier molecular flexibility index (Phi) is 5.98. The van der Waals surface area contributed by atoms with Gasteiger partial charge in [-0.25, -0.2) is 0 Å². The van der Waals surface area contributed by atoms with Gasteiger partial charge in [-0.3, -0.25) is 10.1 Å². The van der Waals surface area contributed by atoms with Crippen molar-refractivity contribution in [2.24, 2.45) is 5.92 Å². The zero-order valence-electron chi connectivity index (χ0n) is 9.42. The van der Waals surface area contributed by atoms with Gasteiger partial charge in [0.1, 0.15) is 0 Å². The van der Waals surface area contributed by atoms with E-state index in [1.165, 1.54) is 0 Å². The molecule has 0 aliphatic heterocycles. The SMILES string of the molecule is C#CC(C)NCC(=O)NC(C)C(C)C. The number of hydrogen-bond donors (Lipinski definition) is 2. The number of carbonyl (C=O) groups excluding carboxylic acids is 1. The minimum Gasteiger partial charge on any atom is -0.352 e. The lowest BCUT2D eigenvalue weighted by atomic mass is 10.1. The summed E-state index contributed by atoms with van der Waals surface area (Å²) in [5.74, 6) is 2.95. The molecule has 1 amide bonds. The van der Waals surface area contributed by atoms with Gasteiger partial charge in [-0.2, -0.15) is 0 Å². The van der Waals surface area contributed by atoms with Gasteiger partial charge in [0.15, 0.2) is 0 Å². The maximum Gasteiger partial charge on any atom is 0.234 e. The molecule has 2 atom stereocenters. The smallest absolute Gasteiger partial charge is 0.234 e. The molecular weight excluding hydrogens is 176 g/mol. The van der Waals surface area contributed by atoms with E-state index >= 15 is 0 Å². The molecule has 0 fully saturated rings. The van der Waals surface area contributed by atoms with Crippen molar-refractivity contribution in [3.8, 4) is 12.3 Å². The molecule has 0 spiro atoms. The van der Waals surface area contributed by atoms with E-state index in [1.54, 1.807) is 0 Å². The number of hydrogen-bond acceptors (Lipinski definition) is 2. The van der Waals surface area contributed by atoms with E-state index in [4.69, 9.17) is 6.42 Å². The molecule has 2 N–H and O–H groups in total. The predicted molar refractivity (Wildman–Crippen MR) is 58.7 cm³/mol. The highest BCUT2D eigenvalue weighted by molar-refractivity contribution is 5.78. The standard InChI is InChI=1S/C11H20N2O/c1-6-9(4)12-7-11(14)13-10(5)8(2)3/h1,8-10,12H,7H2,2-5H3,(H,13,14). The van der Waals surface area contributed by atoms with Gasteiger partial charge in [-0.15, -0.1) is 6.42 Å². The molecule has 2 unspecified atom stereocenters. The third-order valence-electron chi connectivity index (χ3n) is 2.21. The van der Waals surface area contributed by atoms with Gasteiger partial charge in [-0.1, -0.05) is 19.8 Å². The van der Waals surface area contributed by atoms with Crippen LogP contribution in [0.25, 0.3) is 0 Å². The second-order valence-electron chi connectivity index (χ2n) is 3.87. The highest BCUT2D eigenvalue weighted by Crippen LogP contribution is 1.98. The van der Waals surface area contributed by atoms with Gasteiger partial charge in [0.2, 0.25) is 5.91 Å². The molecule has 0 aromatic heterocycles. The highest BCUT2D eigenvalue weighted by Gasteiger charge is 2.10. The quantitative estimate of drug-likeness (QED) is 0.637. The highest BCUT2D eigenvalue weighted by atomic mass is 16.1. The lowest BCUT2D eigenvalue weighted by Crippen LogP contribution is -2.43. The van der Waals surface area contributed by atoms with E-state index in [0.29, 0.717) is 5.92 Å². The molecule has 0 saturated heterocycles. The molecule has 0 saturated carbocycles. The van der Waals surface area contributed by atoms with E-state index in [1.807, 2.05) is 13.8 Å². The van der Waals surface area contributed by atoms with Gasteiger partial charge in [0.25, 0.3) is 0 Å². The van der Waals surface area contributed by atoms with Crippen molar-refractivity contribution in [1.29, 1.82) is 0 Å². The van der Waals surface area contributed by atoms with Crippen LogP contribution in [0.15, 0.2) is 0 Å². The van der Waals surface area contributed by atoms with Crippen LogP contribution in [-0.4, -0.2) is 24.5 Å². The normalized spacial score (nSPS) is 14.6. The average molecular weight is 196 g/mol. The zero-order chi connectivity index (χ0) is 11.1. The fraction of sp³-hybridized carbons (Fsp3) is 0.727. The van der Waals surface area contributed by atoms with E-state index in [2.05, 4.69) is 30.4 Å². The molecule has 3 nitrogen and oxygen atoms in total. The van der Waals surface area contributed by atoms with Crippen LogP contribution in [0, 0.1) is 18.3 Å². The third-order valence-corrected chi connectivity index (χ3v) is 2.21. The Morgan fingerprint density at radius 1 is 1.36 bits per heavy atom. The summed E-state index contributed by atoms with van der Waals surface area (Å²) >= 11 is 0. The Bertz CT molecular complexity index is 218. The summed E-state index contributed by atoms with van der Waals surface area (Å²) in [4.78, 5) is 11.3. The predicted octanol–water partition coefficient (Wildman–Crippen LogP) is 0.758. The van der Waals surface area contributed by atoms with E-state index < -0.39 is 0 Å². The summed E-state index contributed by atoms with van der Waals surface area (Å²) < 4.78 is 0. The first kappa shape index (κ1) is 13.0. The van der Waals surface area contributed by atoms with Crippen molar-refractivity contribution in [2.75, 3.05) is 6.54 Å². The van der Waals surface area contributed by atoms with Gasteiger partial charge in [0.05, 0.1) is 12.6 Å². The molecule has 3 heteroatoms. The van der Waals surface area contributed by atoms with Crippen molar-refractivity contribution < 1.29 is 4.79 Å². The topological polar surface area (TPSA) is 41.1 Å². The van der Waals surface area contributed by atoms with E-state index in [0.717, 1.165) is 0 Å². The van der Waals surface area contributed by atoms with Gasteiger partial charge < -0.3 is 5.32 Å². The maximum absolute atomic E-state index is 11.3. The number of nitrogens with one attached hydrogen (secondary N) is 2. The second kappa shape index (κ2) is 6.44.